The zero-order chi connectivity index (χ0) is 36.8. The van der Waals surface area contributed by atoms with E-state index in [-0.39, 0.29) is 6.71 Å². The summed E-state index contributed by atoms with van der Waals surface area (Å²) in [5.41, 5.74) is 16.4. The topological polar surface area (TPSA) is 25.8 Å². The van der Waals surface area contributed by atoms with Gasteiger partial charge in [0.15, 0.2) is 0 Å². The van der Waals surface area contributed by atoms with Crippen LogP contribution in [0.15, 0.2) is 134 Å². The van der Waals surface area contributed by atoms with E-state index in [1.165, 1.54) is 163 Å². The molecule has 0 saturated heterocycles. The second-order valence-electron chi connectivity index (χ2n) is 16.8. The summed E-state index contributed by atoms with van der Waals surface area (Å²) in [7, 11) is 0. The first-order valence-corrected chi connectivity index (χ1v) is 21.6. The summed E-state index contributed by atoms with van der Waals surface area (Å²) in [6, 6.07) is 42.2. The lowest BCUT2D eigenvalue weighted by atomic mass is 9.37. The van der Waals surface area contributed by atoms with Crippen molar-refractivity contribution in [3.63, 3.8) is 0 Å². The van der Waals surface area contributed by atoms with Crippen LogP contribution in [0.4, 0.5) is 0 Å². The average Bonchev–Trinajstić information content (AvgIpc) is 3.28. The molecule has 0 amide bonds. The number of aromatic nitrogens is 2. The van der Waals surface area contributed by atoms with Crippen molar-refractivity contribution >= 4 is 23.1 Å². The van der Waals surface area contributed by atoms with Crippen LogP contribution in [0.2, 0.25) is 0 Å². The summed E-state index contributed by atoms with van der Waals surface area (Å²) in [5.74, 6) is 1.90. The Balaban J connectivity index is 1.07. The van der Waals surface area contributed by atoms with Crippen molar-refractivity contribution in [3.05, 3.63) is 151 Å². The predicted molar refractivity (Wildman–Crippen MR) is 233 cm³/mol. The first-order chi connectivity index (χ1) is 27.3. The summed E-state index contributed by atoms with van der Waals surface area (Å²) in [6.07, 6.45) is 28.1. The van der Waals surface area contributed by atoms with Gasteiger partial charge in [0.2, 0.25) is 6.71 Å². The number of hydrogen-bond donors (Lipinski definition) is 0. The van der Waals surface area contributed by atoms with Crippen molar-refractivity contribution in [1.82, 2.24) is 9.97 Å². The summed E-state index contributed by atoms with van der Waals surface area (Å²) in [4.78, 5) is 9.18. The van der Waals surface area contributed by atoms with E-state index in [1.807, 2.05) is 12.4 Å². The molecule has 0 N–H and O–H groups in total. The SMILES string of the molecule is c1ccc(C2CCCCC2)c(-c2ccc(B(c3ccc(-c4ccncc4C4CCCCC4)cc3)c3ccc(-c4ccncc4C4CCCCC4)cc3)cc2)c1. The quantitative estimate of drug-likeness (QED) is 0.139. The third-order valence-corrected chi connectivity index (χ3v) is 13.5. The summed E-state index contributed by atoms with van der Waals surface area (Å²) < 4.78 is 0. The van der Waals surface area contributed by atoms with Gasteiger partial charge in [0, 0.05) is 24.8 Å². The van der Waals surface area contributed by atoms with E-state index >= 15 is 0 Å². The molecule has 55 heavy (non-hydrogen) atoms. The number of hydrogen-bond acceptors (Lipinski definition) is 2. The molecule has 6 aromatic rings. The molecule has 0 unspecified atom stereocenters. The van der Waals surface area contributed by atoms with Crippen molar-refractivity contribution in [2.45, 2.75) is 114 Å². The molecule has 276 valence electrons. The normalized spacial score (nSPS) is 17.2. The maximum atomic E-state index is 4.59. The molecule has 3 saturated carbocycles. The van der Waals surface area contributed by atoms with Gasteiger partial charge in [0.25, 0.3) is 0 Å². The van der Waals surface area contributed by atoms with Crippen molar-refractivity contribution in [2.24, 2.45) is 0 Å². The van der Waals surface area contributed by atoms with Crippen LogP contribution in [0.25, 0.3) is 33.4 Å². The third kappa shape index (κ3) is 7.86. The smallest absolute Gasteiger partial charge is 0.241 e. The van der Waals surface area contributed by atoms with Crippen molar-refractivity contribution in [1.29, 1.82) is 0 Å². The van der Waals surface area contributed by atoms with E-state index in [1.54, 1.807) is 0 Å². The van der Waals surface area contributed by atoms with E-state index in [2.05, 4.69) is 132 Å². The van der Waals surface area contributed by atoms with Gasteiger partial charge in [-0.3, -0.25) is 9.97 Å². The minimum absolute atomic E-state index is 0.122. The van der Waals surface area contributed by atoms with Crippen molar-refractivity contribution in [2.75, 3.05) is 0 Å². The van der Waals surface area contributed by atoms with Gasteiger partial charge >= 0.3 is 0 Å². The monoisotopic (exact) mass is 718 g/mol. The molecule has 3 aliphatic carbocycles. The molecule has 3 fully saturated rings. The van der Waals surface area contributed by atoms with E-state index < -0.39 is 0 Å². The zero-order valence-corrected chi connectivity index (χ0v) is 32.5. The standard InChI is InChI=1S/C52H55BN2/c1-4-12-38(13-5-1)47-18-10-11-19-48(47)41-20-26-44(27-21-41)53(45-28-22-42(23-29-45)49-32-34-54-36-51(49)39-14-6-2-7-15-39)46-30-24-43(25-31-46)50-33-35-55-37-52(50)40-16-8-3-9-17-40/h10-11,18-40H,1-9,12-17H2. The lowest BCUT2D eigenvalue weighted by Gasteiger charge is -2.25. The summed E-state index contributed by atoms with van der Waals surface area (Å²) in [5, 5.41) is 0. The van der Waals surface area contributed by atoms with E-state index in [0.717, 1.165) is 0 Å². The molecule has 0 atom stereocenters. The first-order valence-electron chi connectivity index (χ1n) is 21.6. The number of benzene rings is 4. The van der Waals surface area contributed by atoms with Gasteiger partial charge in [-0.2, -0.15) is 0 Å². The Labute approximate surface area is 330 Å². The van der Waals surface area contributed by atoms with Crippen LogP contribution in [-0.4, -0.2) is 16.7 Å². The summed E-state index contributed by atoms with van der Waals surface area (Å²) >= 11 is 0. The van der Waals surface area contributed by atoms with Crippen LogP contribution in [0.5, 0.6) is 0 Å². The maximum absolute atomic E-state index is 4.59. The highest BCUT2D eigenvalue weighted by molar-refractivity contribution is 6.95. The molecule has 3 heteroatoms. The van der Waals surface area contributed by atoms with Crippen LogP contribution in [-0.2, 0) is 0 Å². The number of nitrogens with zero attached hydrogens (tertiary/aromatic N) is 2. The fourth-order valence-corrected chi connectivity index (χ4v) is 10.5. The molecule has 0 aliphatic heterocycles. The fraction of sp³-hybridized carbons (Fsp3) is 0.346. The molecule has 0 spiro atoms. The minimum atomic E-state index is 0.122. The molecular weight excluding hydrogens is 663 g/mol. The first kappa shape index (κ1) is 35.9. The van der Waals surface area contributed by atoms with Gasteiger partial charge in [0.1, 0.15) is 0 Å². The second-order valence-corrected chi connectivity index (χ2v) is 16.8. The molecular formula is C52H55BN2. The Hall–Kier alpha value is -4.76. The van der Waals surface area contributed by atoms with Crippen molar-refractivity contribution < 1.29 is 0 Å². The Morgan fingerprint density at radius 1 is 0.345 bits per heavy atom. The fourth-order valence-electron chi connectivity index (χ4n) is 10.5. The van der Waals surface area contributed by atoms with Gasteiger partial charge < -0.3 is 0 Å². The highest BCUT2D eigenvalue weighted by Gasteiger charge is 2.25. The summed E-state index contributed by atoms with van der Waals surface area (Å²) in [6.45, 7) is 0.122. The lowest BCUT2D eigenvalue weighted by Crippen LogP contribution is -2.51. The maximum Gasteiger partial charge on any atom is 0.241 e. The third-order valence-electron chi connectivity index (χ3n) is 13.5. The van der Waals surface area contributed by atoms with Gasteiger partial charge in [0.05, 0.1) is 0 Å². The van der Waals surface area contributed by atoms with Gasteiger partial charge in [-0.1, -0.05) is 171 Å². The molecule has 0 radical (unpaired) electrons. The second kappa shape index (κ2) is 16.9. The molecule has 4 aromatic carbocycles. The molecule has 9 rings (SSSR count). The average molecular weight is 719 g/mol. The van der Waals surface area contributed by atoms with Gasteiger partial charge in [-0.05, 0) is 118 Å². The molecule has 2 aromatic heterocycles. The van der Waals surface area contributed by atoms with Crippen LogP contribution in [0.1, 0.15) is 131 Å². The Kier molecular flexibility index (Phi) is 11.1. The highest BCUT2D eigenvalue weighted by Crippen LogP contribution is 2.40. The lowest BCUT2D eigenvalue weighted by molar-refractivity contribution is 0.443. The number of rotatable bonds is 9. The largest absolute Gasteiger partial charge is 0.264 e. The molecule has 3 aliphatic rings. The Morgan fingerprint density at radius 2 is 0.691 bits per heavy atom. The van der Waals surface area contributed by atoms with Crippen LogP contribution < -0.4 is 16.4 Å². The van der Waals surface area contributed by atoms with E-state index in [9.17, 15) is 0 Å². The van der Waals surface area contributed by atoms with Gasteiger partial charge in [-0.25, -0.2) is 0 Å². The van der Waals surface area contributed by atoms with Gasteiger partial charge in [-0.15, -0.1) is 0 Å². The van der Waals surface area contributed by atoms with Crippen LogP contribution in [0, 0.1) is 0 Å². The van der Waals surface area contributed by atoms with E-state index in [0.29, 0.717) is 17.8 Å². The minimum Gasteiger partial charge on any atom is -0.264 e. The van der Waals surface area contributed by atoms with Crippen LogP contribution in [0.3, 0.4) is 0 Å². The molecule has 2 nitrogen and oxygen atoms in total. The van der Waals surface area contributed by atoms with E-state index in [4.69, 9.17) is 0 Å². The van der Waals surface area contributed by atoms with Crippen LogP contribution >= 0.6 is 0 Å². The predicted octanol–water partition coefficient (Wildman–Crippen LogP) is 12.1. The zero-order valence-electron chi connectivity index (χ0n) is 32.5. The number of pyridine rings is 2. The molecule has 0 bridgehead atoms. The highest BCUT2D eigenvalue weighted by atomic mass is 14.6. The Bertz CT molecular complexity index is 1900. The van der Waals surface area contributed by atoms with Crippen molar-refractivity contribution in [3.8, 4) is 33.4 Å². The Morgan fingerprint density at radius 3 is 1.09 bits per heavy atom. The molecule has 2 heterocycles.